The molecule has 2 atom stereocenters. The Morgan fingerprint density at radius 2 is 1.22 bits per heavy atom. The molecule has 3 aliphatic rings. The van der Waals surface area contributed by atoms with Gasteiger partial charge in [-0.2, -0.15) is 0 Å². The number of para-hydroxylation sites is 2. The molecule has 0 bridgehead atoms. The molecule has 1 saturated carbocycles. The lowest BCUT2D eigenvalue weighted by molar-refractivity contribution is 0.260. The molecule has 1 aromatic heterocycles. The summed E-state index contributed by atoms with van der Waals surface area (Å²) in [7, 11) is 0. The first-order valence-corrected chi connectivity index (χ1v) is 23.4. The maximum atomic E-state index is 7.36. The number of thiophene rings is 1. The Balaban J connectivity index is 1.19. The molecule has 0 radical (unpaired) electrons. The summed E-state index contributed by atoms with van der Waals surface area (Å²) in [6, 6.07) is 51.5. The summed E-state index contributed by atoms with van der Waals surface area (Å²) in [4.78, 5) is 6.31. The molecule has 2 heterocycles. The van der Waals surface area contributed by atoms with E-state index in [1.807, 2.05) is 11.3 Å². The van der Waals surface area contributed by atoms with E-state index < -0.39 is 0 Å². The minimum atomic E-state index is 0.0825. The van der Waals surface area contributed by atoms with Crippen LogP contribution in [0.25, 0.3) is 21.2 Å². The molecule has 0 N–H and O–H groups in total. The van der Waals surface area contributed by atoms with Gasteiger partial charge in [0.1, 0.15) is 5.00 Å². The first kappa shape index (κ1) is 38.7. The zero-order valence-electron chi connectivity index (χ0n) is 35.1. The molecule has 5 heteroatoms. The van der Waals surface area contributed by atoms with Gasteiger partial charge in [0, 0.05) is 47.4 Å². The van der Waals surface area contributed by atoms with Crippen LogP contribution < -0.4 is 9.80 Å². The van der Waals surface area contributed by atoms with Gasteiger partial charge in [0.15, 0.2) is 0 Å². The Bertz CT molecular complexity index is 2720. The molecule has 2 unspecified atom stereocenters. The molecule has 298 valence electrons. The van der Waals surface area contributed by atoms with Gasteiger partial charge in [-0.15, -0.1) is 23.1 Å². The maximum Gasteiger partial charge on any atom is 0.101 e. The van der Waals surface area contributed by atoms with Gasteiger partial charge in [0.2, 0.25) is 0 Å². The van der Waals surface area contributed by atoms with Crippen molar-refractivity contribution in [2.45, 2.75) is 106 Å². The van der Waals surface area contributed by atoms with Crippen LogP contribution in [0.3, 0.4) is 0 Å². The second kappa shape index (κ2) is 14.3. The highest BCUT2D eigenvalue weighted by atomic mass is 35.5. The van der Waals surface area contributed by atoms with Crippen LogP contribution in [-0.2, 0) is 16.2 Å². The Labute approximate surface area is 364 Å². The number of hydrogen-bond acceptors (Lipinski definition) is 4. The summed E-state index contributed by atoms with van der Waals surface area (Å²) in [6.07, 6.45) is 7.44. The largest absolute Gasteiger partial charge is 0.310 e. The van der Waals surface area contributed by atoms with E-state index in [1.54, 1.807) is 0 Å². The zero-order valence-corrected chi connectivity index (χ0v) is 37.5. The molecule has 7 aromatic rings. The van der Waals surface area contributed by atoms with Gasteiger partial charge in [-0.3, -0.25) is 0 Å². The smallest absolute Gasteiger partial charge is 0.101 e. The first-order chi connectivity index (χ1) is 28.4. The molecule has 2 aliphatic carbocycles. The number of hydrogen-bond donors (Lipinski definition) is 0. The predicted molar refractivity (Wildman–Crippen MR) is 257 cm³/mol. The van der Waals surface area contributed by atoms with E-state index in [2.05, 4.69) is 203 Å². The van der Waals surface area contributed by atoms with E-state index in [9.17, 15) is 0 Å². The fourth-order valence-corrected chi connectivity index (χ4v) is 13.9. The van der Waals surface area contributed by atoms with Crippen LogP contribution >= 0.6 is 34.7 Å². The number of fused-ring (bicyclic) bond motifs is 6. The first-order valence-electron chi connectivity index (χ1n) is 21.4. The lowest BCUT2D eigenvalue weighted by Gasteiger charge is -2.45. The number of rotatable bonds is 7. The number of anilines is 6. The third-order valence-corrected chi connectivity index (χ3v) is 17.3. The van der Waals surface area contributed by atoms with Crippen molar-refractivity contribution in [1.82, 2.24) is 0 Å². The third kappa shape index (κ3) is 6.44. The minimum Gasteiger partial charge on any atom is -0.310 e. The van der Waals surface area contributed by atoms with E-state index in [4.69, 9.17) is 11.6 Å². The average molecular weight is 830 g/mol. The molecular weight excluding hydrogens is 776 g/mol. The van der Waals surface area contributed by atoms with E-state index in [0.717, 1.165) is 28.4 Å². The highest BCUT2D eigenvalue weighted by Gasteiger charge is 2.53. The molecule has 2 nitrogen and oxygen atoms in total. The Kier molecular flexibility index (Phi) is 9.40. The number of thioether (sulfide) groups is 1. The summed E-state index contributed by atoms with van der Waals surface area (Å²) >= 11 is 11.4. The van der Waals surface area contributed by atoms with E-state index in [-0.39, 0.29) is 21.0 Å². The predicted octanol–water partition coefficient (Wildman–Crippen LogP) is 17.2. The Morgan fingerprint density at radius 1 is 0.542 bits per heavy atom. The monoisotopic (exact) mass is 828 g/mol. The highest BCUT2D eigenvalue weighted by Crippen LogP contribution is 2.63. The van der Waals surface area contributed by atoms with E-state index in [1.165, 1.54) is 86.3 Å². The summed E-state index contributed by atoms with van der Waals surface area (Å²) in [6.45, 7) is 14.7. The van der Waals surface area contributed by atoms with Gasteiger partial charge in [0.05, 0.1) is 11.4 Å². The molecule has 10 rings (SSSR count). The molecule has 1 aliphatic heterocycles. The molecule has 59 heavy (non-hydrogen) atoms. The van der Waals surface area contributed by atoms with Crippen LogP contribution in [0.15, 0.2) is 144 Å². The maximum absolute atomic E-state index is 7.36. The van der Waals surface area contributed by atoms with Gasteiger partial charge >= 0.3 is 0 Å². The second-order valence-corrected chi connectivity index (χ2v) is 21.9. The fourth-order valence-electron chi connectivity index (χ4n) is 10.6. The molecule has 1 fully saturated rings. The number of nitrogens with zero attached hydrogens (tertiary/aromatic N) is 2. The highest BCUT2D eigenvalue weighted by molar-refractivity contribution is 8.01. The van der Waals surface area contributed by atoms with Crippen LogP contribution in [0.5, 0.6) is 0 Å². The quantitative estimate of drug-likeness (QED) is 0.158. The van der Waals surface area contributed by atoms with Gasteiger partial charge in [-0.05, 0) is 132 Å². The fraction of sp³-hybridized carbons (Fsp3) is 0.296. The number of halogens is 1. The van der Waals surface area contributed by atoms with Gasteiger partial charge in [-0.25, -0.2) is 0 Å². The van der Waals surface area contributed by atoms with Crippen LogP contribution in [0, 0.1) is 0 Å². The Morgan fingerprint density at radius 3 is 2.00 bits per heavy atom. The molecule has 6 aromatic carbocycles. The van der Waals surface area contributed by atoms with Crippen molar-refractivity contribution in [3.05, 3.63) is 161 Å². The SMILES string of the molecule is CC1(C)CCC(C)(C)c2c1ccc1cc(N(c3cc(Cl)cc(N(c4ccccc4)c4ccc5c(c4)C4(C)CCCCC4(C)S5)c3)c3ccccc3-c3ccccc3)sc21. The lowest BCUT2D eigenvalue weighted by Crippen LogP contribution is -2.43. The second-order valence-electron chi connectivity index (χ2n) is 18.9. The van der Waals surface area contributed by atoms with E-state index in [0.29, 0.717) is 5.02 Å². The van der Waals surface area contributed by atoms with E-state index >= 15 is 0 Å². The topological polar surface area (TPSA) is 6.48 Å². The molecule has 0 saturated heterocycles. The average Bonchev–Trinajstić information content (AvgIpc) is 3.76. The standard InChI is InChI=1S/C54H53ClN2S2/c1-51(2)29-30-52(3,4)49-44(51)25-23-37-31-48(58-50(37)49)57(46-22-14-13-21-43(46)36-17-9-7-10-18-36)42-33-38(55)32-41(34-42)56(39-19-11-8-12-20-39)40-24-26-47-45(35-40)53(5)27-15-16-28-54(53,6)59-47/h7-14,17-26,31-35H,15-16,27-30H2,1-6H3. The zero-order chi connectivity index (χ0) is 40.7. The molecule has 0 amide bonds. The van der Waals surface area contributed by atoms with Crippen molar-refractivity contribution >= 4 is 78.2 Å². The summed E-state index contributed by atoms with van der Waals surface area (Å²) in [5.41, 5.74) is 12.6. The molecule has 0 spiro atoms. The van der Waals surface area contributed by atoms with Crippen molar-refractivity contribution in [1.29, 1.82) is 0 Å². The third-order valence-electron chi connectivity index (χ3n) is 14.2. The van der Waals surface area contributed by atoms with Crippen molar-refractivity contribution in [2.75, 3.05) is 9.80 Å². The van der Waals surface area contributed by atoms with Gasteiger partial charge in [-0.1, -0.05) is 138 Å². The van der Waals surface area contributed by atoms with Crippen molar-refractivity contribution in [3.8, 4) is 11.1 Å². The summed E-state index contributed by atoms with van der Waals surface area (Å²) in [5, 5.41) is 3.17. The van der Waals surface area contributed by atoms with Crippen molar-refractivity contribution in [2.24, 2.45) is 0 Å². The molecular formula is C54H53ClN2S2. The summed E-state index contributed by atoms with van der Waals surface area (Å²) in [5.74, 6) is 0. The number of benzene rings is 6. The summed E-state index contributed by atoms with van der Waals surface area (Å²) < 4.78 is 1.61. The van der Waals surface area contributed by atoms with Crippen LogP contribution in [-0.4, -0.2) is 4.75 Å². The van der Waals surface area contributed by atoms with Gasteiger partial charge < -0.3 is 9.80 Å². The van der Waals surface area contributed by atoms with Crippen LogP contribution in [0.1, 0.15) is 96.8 Å². The van der Waals surface area contributed by atoms with Crippen molar-refractivity contribution < 1.29 is 0 Å². The normalized spacial score (nSPS) is 21.4. The van der Waals surface area contributed by atoms with Crippen molar-refractivity contribution in [3.63, 3.8) is 0 Å². The minimum absolute atomic E-state index is 0.0825. The van der Waals surface area contributed by atoms with Crippen LogP contribution in [0.4, 0.5) is 33.4 Å². The Hall–Kier alpha value is -4.48. The van der Waals surface area contributed by atoms with Crippen LogP contribution in [0.2, 0.25) is 5.02 Å². The van der Waals surface area contributed by atoms with Gasteiger partial charge in [0.25, 0.3) is 0 Å². The lowest BCUT2D eigenvalue weighted by atomic mass is 9.63.